The Morgan fingerprint density at radius 1 is 1.21 bits per heavy atom. The van der Waals surface area contributed by atoms with Gasteiger partial charge in [0.15, 0.2) is 0 Å². The summed E-state index contributed by atoms with van der Waals surface area (Å²) in [5.41, 5.74) is 1.07. The van der Waals surface area contributed by atoms with Crippen molar-refractivity contribution in [2.24, 2.45) is 0 Å². The number of piperidine rings is 1. The highest BCUT2D eigenvalue weighted by Crippen LogP contribution is 2.26. The first-order valence-electron chi connectivity index (χ1n) is 8.56. The molecule has 0 amide bonds. The summed E-state index contributed by atoms with van der Waals surface area (Å²) in [4.78, 5) is 2.36. The van der Waals surface area contributed by atoms with Crippen molar-refractivity contribution in [1.29, 1.82) is 0 Å². The molecule has 1 aromatic rings. The second kappa shape index (κ2) is 8.80. The molecular formula is C17H29N3O3S. The van der Waals surface area contributed by atoms with Crippen LogP contribution in [0.3, 0.4) is 0 Å². The molecule has 1 atom stereocenters. The van der Waals surface area contributed by atoms with Crippen molar-refractivity contribution in [3.05, 3.63) is 29.8 Å². The van der Waals surface area contributed by atoms with Gasteiger partial charge >= 0.3 is 0 Å². The number of hydrogen-bond donors (Lipinski definition) is 2. The molecule has 0 radical (unpaired) electrons. The van der Waals surface area contributed by atoms with E-state index < -0.39 is 10.2 Å². The summed E-state index contributed by atoms with van der Waals surface area (Å²) < 4.78 is 34.8. The molecule has 1 fully saturated rings. The van der Waals surface area contributed by atoms with Crippen molar-refractivity contribution in [2.75, 3.05) is 26.7 Å². The van der Waals surface area contributed by atoms with E-state index in [4.69, 9.17) is 4.74 Å². The molecule has 1 aliphatic heterocycles. The zero-order valence-corrected chi connectivity index (χ0v) is 15.6. The molecule has 24 heavy (non-hydrogen) atoms. The minimum absolute atomic E-state index is 0.00383. The van der Waals surface area contributed by atoms with E-state index in [1.165, 1.54) is 6.42 Å². The third-order valence-corrected chi connectivity index (χ3v) is 5.50. The molecule has 0 aliphatic carbocycles. The summed E-state index contributed by atoms with van der Waals surface area (Å²) in [5.74, 6) is 0.790. The van der Waals surface area contributed by atoms with Crippen LogP contribution in [0.25, 0.3) is 0 Å². The lowest BCUT2D eigenvalue weighted by molar-refractivity contribution is 0.164. The maximum absolute atomic E-state index is 12.1. The van der Waals surface area contributed by atoms with Crippen LogP contribution < -0.4 is 14.2 Å². The number of hydrogen-bond acceptors (Lipinski definition) is 4. The Balaban J connectivity index is 2.16. The van der Waals surface area contributed by atoms with Gasteiger partial charge in [-0.25, -0.2) is 4.72 Å². The first-order valence-corrected chi connectivity index (χ1v) is 10.0. The molecule has 6 nitrogen and oxygen atoms in total. The smallest absolute Gasteiger partial charge is 0.277 e. The summed E-state index contributed by atoms with van der Waals surface area (Å²) in [6.45, 7) is 5.93. The van der Waals surface area contributed by atoms with E-state index in [2.05, 4.69) is 14.3 Å². The Hall–Kier alpha value is -1.15. The first kappa shape index (κ1) is 19.2. The van der Waals surface area contributed by atoms with Crippen LogP contribution in [0.1, 0.15) is 44.7 Å². The lowest BCUT2D eigenvalue weighted by atomic mass is 10.0. The third kappa shape index (κ3) is 5.73. The van der Waals surface area contributed by atoms with E-state index in [-0.39, 0.29) is 12.1 Å². The van der Waals surface area contributed by atoms with Gasteiger partial charge < -0.3 is 4.74 Å². The summed E-state index contributed by atoms with van der Waals surface area (Å²) in [6.07, 6.45) is 3.54. The SMILES string of the molecule is COc1cccc(C(CNS(=O)(=O)NC(C)C)N2CCCCC2)c1. The Morgan fingerprint density at radius 3 is 2.54 bits per heavy atom. The lowest BCUT2D eigenvalue weighted by Crippen LogP contribution is -2.45. The molecule has 7 heteroatoms. The molecule has 1 heterocycles. The van der Waals surface area contributed by atoms with Gasteiger partial charge in [-0.3, -0.25) is 4.90 Å². The normalized spacial score (nSPS) is 17.8. The van der Waals surface area contributed by atoms with E-state index in [1.54, 1.807) is 7.11 Å². The fourth-order valence-corrected chi connectivity index (χ4v) is 4.16. The number of likely N-dealkylation sites (tertiary alicyclic amines) is 1. The van der Waals surface area contributed by atoms with E-state index in [0.717, 1.165) is 37.2 Å². The first-order chi connectivity index (χ1) is 11.4. The zero-order valence-electron chi connectivity index (χ0n) is 14.8. The van der Waals surface area contributed by atoms with Gasteiger partial charge in [-0.2, -0.15) is 13.1 Å². The predicted octanol–water partition coefficient (Wildman–Crippen LogP) is 2.05. The summed E-state index contributed by atoms with van der Waals surface area (Å²) >= 11 is 0. The van der Waals surface area contributed by atoms with Crippen LogP contribution in [-0.2, 0) is 10.2 Å². The molecular weight excluding hydrogens is 326 g/mol. The standard InChI is InChI=1S/C17H29N3O3S/c1-14(2)19-24(21,22)18-13-17(20-10-5-4-6-11-20)15-8-7-9-16(12-15)23-3/h7-9,12,14,17-19H,4-6,10-11,13H2,1-3H3. The van der Waals surface area contributed by atoms with E-state index in [1.807, 2.05) is 38.1 Å². The van der Waals surface area contributed by atoms with Crippen molar-refractivity contribution in [3.8, 4) is 5.75 Å². The monoisotopic (exact) mass is 355 g/mol. The Bertz CT molecular complexity index is 613. The summed E-state index contributed by atoms with van der Waals surface area (Å²) in [5, 5.41) is 0. The van der Waals surface area contributed by atoms with E-state index in [0.29, 0.717) is 6.54 Å². The lowest BCUT2D eigenvalue weighted by Gasteiger charge is -2.35. The average molecular weight is 356 g/mol. The van der Waals surface area contributed by atoms with Crippen LogP contribution in [0.2, 0.25) is 0 Å². The van der Waals surface area contributed by atoms with Crippen molar-refractivity contribution < 1.29 is 13.2 Å². The van der Waals surface area contributed by atoms with Gasteiger partial charge in [0.2, 0.25) is 0 Å². The second-order valence-electron chi connectivity index (χ2n) is 6.51. The molecule has 1 aliphatic rings. The van der Waals surface area contributed by atoms with Gasteiger partial charge in [-0.05, 0) is 57.5 Å². The quantitative estimate of drug-likeness (QED) is 0.749. The predicted molar refractivity (Wildman–Crippen MR) is 96.4 cm³/mol. The number of nitrogens with one attached hydrogen (secondary N) is 2. The van der Waals surface area contributed by atoms with Crippen molar-refractivity contribution >= 4 is 10.2 Å². The Kier molecular flexibility index (Phi) is 7.03. The molecule has 0 bridgehead atoms. The number of benzene rings is 1. The van der Waals surface area contributed by atoms with Crippen LogP contribution in [0.5, 0.6) is 5.75 Å². The number of nitrogens with zero attached hydrogens (tertiary/aromatic N) is 1. The highest BCUT2D eigenvalue weighted by Gasteiger charge is 2.24. The topological polar surface area (TPSA) is 70.7 Å². The van der Waals surface area contributed by atoms with Crippen molar-refractivity contribution in [1.82, 2.24) is 14.3 Å². The molecule has 0 aromatic heterocycles. The number of methoxy groups -OCH3 is 1. The van der Waals surface area contributed by atoms with Crippen LogP contribution >= 0.6 is 0 Å². The molecule has 1 aromatic carbocycles. The Morgan fingerprint density at radius 2 is 1.92 bits per heavy atom. The van der Waals surface area contributed by atoms with Crippen LogP contribution in [0.15, 0.2) is 24.3 Å². The van der Waals surface area contributed by atoms with E-state index in [9.17, 15) is 8.42 Å². The summed E-state index contributed by atoms with van der Waals surface area (Å²) in [7, 11) is -1.85. The molecule has 0 spiro atoms. The maximum atomic E-state index is 12.1. The molecule has 136 valence electrons. The van der Waals surface area contributed by atoms with Gasteiger partial charge in [0, 0.05) is 18.6 Å². The van der Waals surface area contributed by atoms with Gasteiger partial charge in [-0.1, -0.05) is 18.6 Å². The molecule has 0 saturated carbocycles. The Labute approximate surface area is 145 Å². The van der Waals surface area contributed by atoms with Crippen molar-refractivity contribution in [3.63, 3.8) is 0 Å². The van der Waals surface area contributed by atoms with Crippen LogP contribution in [0, 0.1) is 0 Å². The van der Waals surface area contributed by atoms with Crippen LogP contribution in [0.4, 0.5) is 0 Å². The maximum Gasteiger partial charge on any atom is 0.277 e. The fraction of sp³-hybridized carbons (Fsp3) is 0.647. The van der Waals surface area contributed by atoms with Crippen LogP contribution in [-0.4, -0.2) is 46.1 Å². The zero-order chi connectivity index (χ0) is 17.6. The van der Waals surface area contributed by atoms with Gasteiger partial charge in [0.05, 0.1) is 7.11 Å². The largest absolute Gasteiger partial charge is 0.497 e. The minimum Gasteiger partial charge on any atom is -0.497 e. The van der Waals surface area contributed by atoms with Gasteiger partial charge in [0.1, 0.15) is 5.75 Å². The molecule has 1 saturated heterocycles. The number of ether oxygens (including phenoxy) is 1. The molecule has 1 unspecified atom stereocenters. The third-order valence-electron chi connectivity index (χ3n) is 4.17. The second-order valence-corrected chi connectivity index (χ2v) is 8.04. The molecule has 2 rings (SSSR count). The van der Waals surface area contributed by atoms with Crippen molar-refractivity contribution in [2.45, 2.75) is 45.2 Å². The minimum atomic E-state index is -3.50. The summed E-state index contributed by atoms with van der Waals surface area (Å²) in [6, 6.07) is 7.75. The molecule has 2 N–H and O–H groups in total. The highest BCUT2D eigenvalue weighted by atomic mass is 32.2. The van der Waals surface area contributed by atoms with Gasteiger partial charge in [-0.15, -0.1) is 0 Å². The average Bonchev–Trinajstić information content (AvgIpc) is 2.55. The number of rotatable bonds is 8. The highest BCUT2D eigenvalue weighted by molar-refractivity contribution is 7.87. The fourth-order valence-electron chi connectivity index (χ4n) is 3.08. The van der Waals surface area contributed by atoms with Gasteiger partial charge in [0.25, 0.3) is 10.2 Å². The van der Waals surface area contributed by atoms with E-state index >= 15 is 0 Å².